The Hall–Kier alpha value is -2.31. The van der Waals surface area contributed by atoms with Gasteiger partial charge in [-0.3, -0.25) is 4.98 Å². The number of hydrogen-bond acceptors (Lipinski definition) is 4. The highest BCUT2D eigenvalue weighted by atomic mass is 19.4. The van der Waals surface area contributed by atoms with E-state index >= 15 is 0 Å². The van der Waals surface area contributed by atoms with Crippen molar-refractivity contribution >= 4 is 11.4 Å². The summed E-state index contributed by atoms with van der Waals surface area (Å²) in [7, 11) is 0. The van der Waals surface area contributed by atoms with E-state index in [0.29, 0.717) is 13.0 Å². The molecule has 0 fully saturated rings. The van der Waals surface area contributed by atoms with Crippen molar-refractivity contribution in [3.8, 4) is 0 Å². The molecule has 0 saturated heterocycles. The molecular weight excluding hydrogens is 269 g/mol. The normalized spacial score (nSPS) is 11.3. The summed E-state index contributed by atoms with van der Waals surface area (Å²) in [6.45, 7) is 0.468. The average Bonchev–Trinajstić information content (AvgIpc) is 2.41. The van der Waals surface area contributed by atoms with Gasteiger partial charge < -0.3 is 11.1 Å². The van der Waals surface area contributed by atoms with E-state index in [0.717, 1.165) is 17.8 Å². The molecule has 2 rings (SSSR count). The molecule has 0 radical (unpaired) electrons. The first kappa shape index (κ1) is 14.1. The molecule has 106 valence electrons. The van der Waals surface area contributed by atoms with Crippen LogP contribution in [0.2, 0.25) is 0 Å². The highest BCUT2D eigenvalue weighted by molar-refractivity contribution is 5.65. The van der Waals surface area contributed by atoms with Gasteiger partial charge in [0, 0.05) is 18.9 Å². The molecule has 2 heterocycles. The zero-order valence-corrected chi connectivity index (χ0v) is 10.5. The molecule has 7 heteroatoms. The Morgan fingerprint density at radius 3 is 2.55 bits per heavy atom. The minimum absolute atomic E-state index is 0.188. The first-order chi connectivity index (χ1) is 9.47. The van der Waals surface area contributed by atoms with E-state index in [1.54, 1.807) is 12.4 Å². The standard InChI is InChI=1S/C13H13F3N4/c14-13(15,16)12-7-11(10(17)8-20-12)19-6-3-9-1-4-18-5-2-9/h1-2,4-5,7-8H,3,6,17H2,(H,19,20). The Labute approximate surface area is 113 Å². The number of halogens is 3. The van der Waals surface area contributed by atoms with Crippen LogP contribution in [0.3, 0.4) is 0 Å². The lowest BCUT2D eigenvalue weighted by Gasteiger charge is -2.12. The van der Waals surface area contributed by atoms with Crippen molar-refractivity contribution in [3.63, 3.8) is 0 Å². The molecule has 0 aromatic carbocycles. The Kier molecular flexibility index (Phi) is 4.07. The van der Waals surface area contributed by atoms with Gasteiger partial charge in [-0.05, 0) is 30.2 Å². The molecule has 0 atom stereocenters. The summed E-state index contributed by atoms with van der Waals surface area (Å²) in [6.07, 6.45) is 0.522. The summed E-state index contributed by atoms with van der Waals surface area (Å²) in [5.74, 6) is 0. The van der Waals surface area contributed by atoms with Gasteiger partial charge in [-0.15, -0.1) is 0 Å². The van der Waals surface area contributed by atoms with Crippen molar-refractivity contribution in [3.05, 3.63) is 48.0 Å². The minimum atomic E-state index is -4.48. The van der Waals surface area contributed by atoms with Crippen LogP contribution in [0.15, 0.2) is 36.8 Å². The molecule has 0 saturated carbocycles. The summed E-state index contributed by atoms with van der Waals surface area (Å²) in [6, 6.07) is 4.61. The van der Waals surface area contributed by atoms with E-state index in [1.807, 2.05) is 12.1 Å². The van der Waals surface area contributed by atoms with E-state index in [9.17, 15) is 13.2 Å². The lowest BCUT2D eigenvalue weighted by Crippen LogP contribution is -2.12. The van der Waals surface area contributed by atoms with Gasteiger partial charge in [0.05, 0.1) is 17.6 Å². The maximum atomic E-state index is 12.5. The molecule has 0 spiro atoms. The van der Waals surface area contributed by atoms with Crippen molar-refractivity contribution < 1.29 is 13.2 Å². The molecular formula is C13H13F3N4. The topological polar surface area (TPSA) is 63.8 Å². The van der Waals surface area contributed by atoms with Gasteiger partial charge in [0.15, 0.2) is 0 Å². The van der Waals surface area contributed by atoms with Crippen molar-refractivity contribution in [2.24, 2.45) is 0 Å². The quantitative estimate of drug-likeness (QED) is 0.905. The third kappa shape index (κ3) is 3.59. The van der Waals surface area contributed by atoms with Gasteiger partial charge in [0.2, 0.25) is 0 Å². The second-order valence-corrected chi connectivity index (χ2v) is 4.19. The van der Waals surface area contributed by atoms with E-state index < -0.39 is 11.9 Å². The Morgan fingerprint density at radius 1 is 1.20 bits per heavy atom. The molecule has 0 bridgehead atoms. The third-order valence-electron chi connectivity index (χ3n) is 2.70. The third-order valence-corrected chi connectivity index (χ3v) is 2.70. The zero-order chi connectivity index (χ0) is 14.6. The summed E-state index contributed by atoms with van der Waals surface area (Å²) < 4.78 is 37.6. The molecule has 0 aliphatic carbocycles. The van der Waals surface area contributed by atoms with Crippen LogP contribution in [-0.2, 0) is 12.6 Å². The predicted octanol–water partition coefficient (Wildman–Crippen LogP) is 2.73. The first-order valence-electron chi connectivity index (χ1n) is 5.92. The summed E-state index contributed by atoms with van der Waals surface area (Å²) in [5, 5.41) is 2.89. The molecule has 4 nitrogen and oxygen atoms in total. The molecule has 0 unspecified atom stereocenters. The van der Waals surface area contributed by atoms with Crippen LogP contribution in [0.1, 0.15) is 11.3 Å². The summed E-state index contributed by atoms with van der Waals surface area (Å²) >= 11 is 0. The Bertz CT molecular complexity index is 570. The van der Waals surface area contributed by atoms with Gasteiger partial charge in [-0.25, -0.2) is 4.98 Å². The molecule has 0 amide bonds. The van der Waals surface area contributed by atoms with Crippen molar-refractivity contribution in [2.45, 2.75) is 12.6 Å². The number of nitrogen functional groups attached to an aromatic ring is 1. The van der Waals surface area contributed by atoms with Crippen LogP contribution in [-0.4, -0.2) is 16.5 Å². The van der Waals surface area contributed by atoms with Crippen LogP contribution in [0.4, 0.5) is 24.5 Å². The summed E-state index contributed by atoms with van der Waals surface area (Å²) in [4.78, 5) is 7.17. The number of nitrogens with one attached hydrogen (secondary N) is 1. The second kappa shape index (κ2) is 5.77. The van der Waals surface area contributed by atoms with Crippen LogP contribution >= 0.6 is 0 Å². The number of aromatic nitrogens is 2. The number of nitrogens with zero attached hydrogens (tertiary/aromatic N) is 2. The Balaban J connectivity index is 2.02. The first-order valence-corrected chi connectivity index (χ1v) is 5.92. The van der Waals surface area contributed by atoms with Crippen molar-refractivity contribution in [2.75, 3.05) is 17.6 Å². The van der Waals surface area contributed by atoms with E-state index in [1.165, 1.54) is 0 Å². The molecule has 2 aromatic heterocycles. The number of anilines is 2. The van der Waals surface area contributed by atoms with Gasteiger partial charge >= 0.3 is 6.18 Å². The van der Waals surface area contributed by atoms with Crippen LogP contribution in [0.5, 0.6) is 0 Å². The van der Waals surface area contributed by atoms with Gasteiger partial charge in [-0.2, -0.15) is 13.2 Å². The SMILES string of the molecule is Nc1cnc(C(F)(F)F)cc1NCCc1ccncc1. The van der Waals surface area contributed by atoms with Crippen LogP contribution in [0, 0.1) is 0 Å². The van der Waals surface area contributed by atoms with Crippen molar-refractivity contribution in [1.82, 2.24) is 9.97 Å². The number of rotatable bonds is 4. The minimum Gasteiger partial charge on any atom is -0.396 e. The number of pyridine rings is 2. The predicted molar refractivity (Wildman–Crippen MR) is 70.1 cm³/mol. The number of alkyl halides is 3. The number of hydrogen-bond donors (Lipinski definition) is 2. The van der Waals surface area contributed by atoms with Gasteiger partial charge in [-0.1, -0.05) is 0 Å². The van der Waals surface area contributed by atoms with E-state index in [2.05, 4.69) is 15.3 Å². The zero-order valence-electron chi connectivity index (χ0n) is 10.5. The molecule has 2 aromatic rings. The van der Waals surface area contributed by atoms with Crippen LogP contribution in [0.25, 0.3) is 0 Å². The van der Waals surface area contributed by atoms with Gasteiger partial charge in [0.25, 0.3) is 0 Å². The maximum Gasteiger partial charge on any atom is 0.433 e. The maximum absolute atomic E-state index is 12.5. The van der Waals surface area contributed by atoms with E-state index in [4.69, 9.17) is 5.73 Å². The van der Waals surface area contributed by atoms with E-state index in [-0.39, 0.29) is 11.4 Å². The fourth-order valence-corrected chi connectivity index (χ4v) is 1.67. The lowest BCUT2D eigenvalue weighted by atomic mass is 10.2. The highest BCUT2D eigenvalue weighted by Crippen LogP contribution is 2.30. The monoisotopic (exact) mass is 282 g/mol. The average molecular weight is 282 g/mol. The lowest BCUT2D eigenvalue weighted by molar-refractivity contribution is -0.141. The van der Waals surface area contributed by atoms with Crippen LogP contribution < -0.4 is 11.1 Å². The molecule has 20 heavy (non-hydrogen) atoms. The highest BCUT2D eigenvalue weighted by Gasteiger charge is 2.32. The van der Waals surface area contributed by atoms with Crippen molar-refractivity contribution in [1.29, 1.82) is 0 Å². The fourth-order valence-electron chi connectivity index (χ4n) is 1.67. The molecule has 0 aliphatic rings. The smallest absolute Gasteiger partial charge is 0.396 e. The summed E-state index contributed by atoms with van der Waals surface area (Å²) in [5.41, 5.74) is 6.11. The fraction of sp³-hybridized carbons (Fsp3) is 0.231. The Morgan fingerprint density at radius 2 is 1.90 bits per heavy atom. The number of nitrogens with two attached hydrogens (primary N) is 1. The molecule has 3 N–H and O–H groups in total. The largest absolute Gasteiger partial charge is 0.433 e. The second-order valence-electron chi connectivity index (χ2n) is 4.19. The molecule has 0 aliphatic heterocycles. The van der Waals surface area contributed by atoms with Gasteiger partial charge in [0.1, 0.15) is 5.69 Å².